The summed E-state index contributed by atoms with van der Waals surface area (Å²) >= 11 is 0. The van der Waals surface area contributed by atoms with E-state index in [1.54, 1.807) is 7.11 Å². The van der Waals surface area contributed by atoms with Crippen molar-refractivity contribution in [2.75, 3.05) is 12.0 Å². The Morgan fingerprint density at radius 2 is 1.73 bits per heavy atom. The molecule has 1 unspecified atom stereocenters. The van der Waals surface area contributed by atoms with E-state index in [4.69, 9.17) is 15.2 Å². The number of nitrogens with zero attached hydrogens (tertiary/aromatic N) is 2. The van der Waals surface area contributed by atoms with E-state index in [9.17, 15) is 10.1 Å². The molecular weight excluding hydrogens is 498 g/mol. The maximum atomic E-state index is 13.6. The summed E-state index contributed by atoms with van der Waals surface area (Å²) < 4.78 is 11.4. The van der Waals surface area contributed by atoms with Crippen LogP contribution in [0.25, 0.3) is 0 Å². The van der Waals surface area contributed by atoms with Crippen LogP contribution in [0.3, 0.4) is 0 Å². The third kappa shape index (κ3) is 4.96. The van der Waals surface area contributed by atoms with Crippen LogP contribution in [0.2, 0.25) is 0 Å². The second-order valence-corrected chi connectivity index (χ2v) is 10.4. The molecule has 40 heavy (non-hydrogen) atoms. The molecule has 3 aromatic rings. The number of hydrogen-bond acceptors (Lipinski definition) is 6. The number of allylic oxidation sites excluding steroid dienone is 3. The molecule has 204 valence electrons. The zero-order chi connectivity index (χ0) is 28.4. The number of ketones is 1. The largest absolute Gasteiger partial charge is 0.497 e. The van der Waals surface area contributed by atoms with E-state index in [0.29, 0.717) is 30.0 Å². The van der Waals surface area contributed by atoms with Crippen LogP contribution >= 0.6 is 0 Å². The van der Waals surface area contributed by atoms with Crippen molar-refractivity contribution in [2.24, 2.45) is 5.73 Å². The second kappa shape index (κ2) is 11.3. The number of ether oxygens (including phenoxy) is 2. The average Bonchev–Trinajstić information content (AvgIpc) is 2.97. The zero-order valence-electron chi connectivity index (χ0n) is 23.6. The van der Waals surface area contributed by atoms with Gasteiger partial charge in [-0.1, -0.05) is 36.8 Å². The Labute approximate surface area is 236 Å². The first-order valence-corrected chi connectivity index (χ1v) is 13.8. The number of hydrogen-bond donors (Lipinski definition) is 1. The van der Waals surface area contributed by atoms with E-state index in [2.05, 4.69) is 37.3 Å². The molecule has 2 N–H and O–H groups in total. The molecule has 1 aliphatic carbocycles. The summed E-state index contributed by atoms with van der Waals surface area (Å²) in [5, 5.41) is 10.5. The summed E-state index contributed by atoms with van der Waals surface area (Å²) in [6.45, 7) is 6.54. The number of methoxy groups -OCH3 is 1. The van der Waals surface area contributed by atoms with E-state index in [-0.39, 0.29) is 5.78 Å². The average molecular weight is 534 g/mol. The Bertz CT molecular complexity index is 1540. The van der Waals surface area contributed by atoms with Crippen LogP contribution in [0.15, 0.2) is 83.3 Å². The second-order valence-electron chi connectivity index (χ2n) is 10.4. The molecule has 6 heteroatoms. The van der Waals surface area contributed by atoms with Crippen molar-refractivity contribution >= 4 is 11.5 Å². The fraction of sp³-hybridized carbons (Fsp3) is 0.294. The number of rotatable bonds is 7. The lowest BCUT2D eigenvalue weighted by molar-refractivity contribution is -0.116. The lowest BCUT2D eigenvalue weighted by Gasteiger charge is -2.40. The van der Waals surface area contributed by atoms with Crippen molar-refractivity contribution in [3.63, 3.8) is 0 Å². The summed E-state index contributed by atoms with van der Waals surface area (Å²) in [6.07, 6.45) is 2.89. The van der Waals surface area contributed by atoms with Crippen LogP contribution in [-0.2, 0) is 17.8 Å². The molecular formula is C34H35N3O3. The molecule has 0 aromatic heterocycles. The molecule has 5 rings (SSSR count). The van der Waals surface area contributed by atoms with Gasteiger partial charge >= 0.3 is 0 Å². The minimum Gasteiger partial charge on any atom is -0.497 e. The first-order valence-electron chi connectivity index (χ1n) is 13.8. The highest BCUT2D eigenvalue weighted by molar-refractivity contribution is 6.01. The van der Waals surface area contributed by atoms with Gasteiger partial charge in [-0.3, -0.25) is 9.69 Å². The van der Waals surface area contributed by atoms with Gasteiger partial charge < -0.3 is 15.2 Å². The minimum absolute atomic E-state index is 0.0821. The molecule has 0 saturated heterocycles. The van der Waals surface area contributed by atoms with Crippen LogP contribution in [0.5, 0.6) is 11.5 Å². The highest BCUT2D eigenvalue weighted by atomic mass is 16.5. The van der Waals surface area contributed by atoms with Crippen molar-refractivity contribution < 1.29 is 14.3 Å². The van der Waals surface area contributed by atoms with E-state index in [1.807, 2.05) is 55.1 Å². The Kier molecular flexibility index (Phi) is 7.66. The predicted octanol–water partition coefficient (Wildman–Crippen LogP) is 6.76. The van der Waals surface area contributed by atoms with Gasteiger partial charge in [-0.25, -0.2) is 0 Å². The predicted molar refractivity (Wildman–Crippen MR) is 157 cm³/mol. The van der Waals surface area contributed by atoms with Gasteiger partial charge in [-0.2, -0.15) is 5.26 Å². The number of nitriles is 1. The van der Waals surface area contributed by atoms with Crippen molar-refractivity contribution in [3.8, 4) is 17.6 Å². The van der Waals surface area contributed by atoms with E-state index >= 15 is 0 Å². The van der Waals surface area contributed by atoms with Gasteiger partial charge in [-0.15, -0.1) is 0 Å². The number of carbonyl (C=O) groups excluding carboxylic acids is 1. The Morgan fingerprint density at radius 1 is 1.02 bits per heavy atom. The smallest absolute Gasteiger partial charge is 0.161 e. The Morgan fingerprint density at radius 3 is 2.38 bits per heavy atom. The number of nitrogens with two attached hydrogens (primary N) is 1. The zero-order valence-corrected chi connectivity index (χ0v) is 23.6. The summed E-state index contributed by atoms with van der Waals surface area (Å²) in [5.41, 5.74) is 14.9. The van der Waals surface area contributed by atoms with Crippen molar-refractivity contribution in [2.45, 2.75) is 59.0 Å². The van der Waals surface area contributed by atoms with Gasteiger partial charge in [0.15, 0.2) is 5.78 Å². The fourth-order valence-electron chi connectivity index (χ4n) is 5.82. The molecule has 3 aromatic carbocycles. The van der Waals surface area contributed by atoms with Crippen LogP contribution in [-0.4, -0.2) is 12.9 Å². The number of anilines is 1. The fourth-order valence-corrected chi connectivity index (χ4v) is 5.82. The normalized spacial score (nSPS) is 17.0. The van der Waals surface area contributed by atoms with Gasteiger partial charge in [-0.05, 0) is 91.8 Å². The Hall–Kier alpha value is -4.50. The molecule has 0 radical (unpaired) electrons. The van der Waals surface area contributed by atoms with Crippen LogP contribution in [0.1, 0.15) is 59.9 Å². The van der Waals surface area contributed by atoms with Crippen molar-refractivity contribution in [1.82, 2.24) is 0 Å². The quantitative estimate of drug-likeness (QED) is 0.361. The molecule has 2 aliphatic rings. The molecule has 0 amide bonds. The number of benzene rings is 3. The number of Topliss-reactive ketones (excluding diaryl/α,β-unsaturated/α-hetero) is 1. The van der Waals surface area contributed by atoms with Gasteiger partial charge in [0.05, 0.1) is 24.7 Å². The highest BCUT2D eigenvalue weighted by Crippen LogP contribution is 2.47. The lowest BCUT2D eigenvalue weighted by Crippen LogP contribution is -2.39. The molecule has 1 atom stereocenters. The third-order valence-electron chi connectivity index (χ3n) is 7.98. The summed E-state index contributed by atoms with van der Waals surface area (Å²) in [6, 6.07) is 22.3. The lowest BCUT2D eigenvalue weighted by atomic mass is 9.73. The third-order valence-corrected chi connectivity index (χ3v) is 7.98. The molecule has 1 aliphatic heterocycles. The standard InChI is InChI=1S/C34H35N3O3/c1-5-23-9-11-25(12-10-23)37-30-7-6-8-31(38)33(30)32(29(19-35)34(37)36)28-18-21(2)17-24(22(28)3)20-40-27-15-13-26(39-4)14-16-27/h9-18,32H,5-8,20,36H2,1-4H3. The number of aryl methyl sites for hydroxylation is 2. The molecule has 0 bridgehead atoms. The molecule has 6 nitrogen and oxygen atoms in total. The van der Waals surface area contributed by atoms with Crippen LogP contribution < -0.4 is 20.1 Å². The monoisotopic (exact) mass is 533 g/mol. The highest BCUT2D eigenvalue weighted by Gasteiger charge is 2.41. The van der Waals surface area contributed by atoms with Crippen LogP contribution in [0.4, 0.5) is 5.69 Å². The van der Waals surface area contributed by atoms with E-state index in [0.717, 1.165) is 64.4 Å². The first-order chi connectivity index (χ1) is 19.4. The first kappa shape index (κ1) is 27.1. The maximum absolute atomic E-state index is 13.6. The van der Waals surface area contributed by atoms with Gasteiger partial charge in [0.25, 0.3) is 0 Å². The number of carbonyl (C=O) groups is 1. The van der Waals surface area contributed by atoms with Gasteiger partial charge in [0.1, 0.15) is 23.9 Å². The minimum atomic E-state index is -0.515. The summed E-state index contributed by atoms with van der Waals surface area (Å²) in [7, 11) is 1.63. The molecule has 0 fully saturated rings. The van der Waals surface area contributed by atoms with E-state index in [1.165, 1.54) is 5.56 Å². The summed E-state index contributed by atoms with van der Waals surface area (Å²) in [5.74, 6) is 1.46. The van der Waals surface area contributed by atoms with Crippen molar-refractivity contribution in [3.05, 3.63) is 111 Å². The van der Waals surface area contributed by atoms with Gasteiger partial charge in [0, 0.05) is 23.4 Å². The van der Waals surface area contributed by atoms with Crippen molar-refractivity contribution in [1.29, 1.82) is 5.26 Å². The molecule has 1 heterocycles. The molecule has 0 spiro atoms. The maximum Gasteiger partial charge on any atom is 0.161 e. The molecule has 0 saturated carbocycles. The Balaban J connectivity index is 1.59. The van der Waals surface area contributed by atoms with E-state index < -0.39 is 5.92 Å². The van der Waals surface area contributed by atoms with Crippen LogP contribution in [0, 0.1) is 25.2 Å². The van der Waals surface area contributed by atoms with Gasteiger partial charge in [0.2, 0.25) is 0 Å². The SMILES string of the molecule is CCc1ccc(N2C(N)=C(C#N)C(c3cc(C)cc(COc4ccc(OC)cc4)c3C)C3=C2CCCC3=O)cc1. The summed E-state index contributed by atoms with van der Waals surface area (Å²) in [4.78, 5) is 15.5. The topological polar surface area (TPSA) is 88.6 Å².